The number of β-amino-alcohol motifs (C(OH)–C–C–N with tert-alkyl or cyclic N) is 1. The average molecular weight is 316 g/mol. The maximum atomic E-state index is 12.4. The van der Waals surface area contributed by atoms with Gasteiger partial charge in [-0.2, -0.15) is 4.31 Å². The summed E-state index contributed by atoms with van der Waals surface area (Å²) < 4.78 is 27.4. The van der Waals surface area contributed by atoms with Crippen LogP contribution >= 0.6 is 0 Å². The number of carbonyl (C=O) groups is 1. The van der Waals surface area contributed by atoms with Gasteiger partial charge < -0.3 is 14.8 Å². The molecule has 8 heteroatoms. The van der Waals surface area contributed by atoms with E-state index >= 15 is 0 Å². The Morgan fingerprint density at radius 1 is 1.38 bits per heavy atom. The SMILES string of the molecule is CCCC1(O)CN(S(=O)(=O)c2cc(C(=O)O)n(CC)c2)C1. The quantitative estimate of drug-likeness (QED) is 0.806. The van der Waals surface area contributed by atoms with Crippen LogP contribution in [-0.4, -0.2) is 52.2 Å². The number of aromatic nitrogens is 1. The highest BCUT2D eigenvalue weighted by molar-refractivity contribution is 7.89. The first-order valence-corrected chi connectivity index (χ1v) is 8.33. The van der Waals surface area contributed by atoms with E-state index in [2.05, 4.69) is 0 Å². The third kappa shape index (κ3) is 2.83. The predicted molar refractivity (Wildman–Crippen MR) is 75.7 cm³/mol. The number of nitrogens with zero attached hydrogens (tertiary/aromatic N) is 2. The van der Waals surface area contributed by atoms with E-state index in [0.717, 1.165) is 6.42 Å². The minimum atomic E-state index is -3.75. The molecule has 118 valence electrons. The summed E-state index contributed by atoms with van der Waals surface area (Å²) >= 11 is 0. The van der Waals surface area contributed by atoms with Gasteiger partial charge in [0.05, 0.1) is 5.60 Å². The van der Waals surface area contributed by atoms with Crippen LogP contribution in [0.1, 0.15) is 37.2 Å². The van der Waals surface area contributed by atoms with Gasteiger partial charge >= 0.3 is 5.97 Å². The molecule has 0 radical (unpaired) electrons. The summed E-state index contributed by atoms with van der Waals surface area (Å²) in [4.78, 5) is 11.1. The molecule has 2 heterocycles. The molecule has 0 unspecified atom stereocenters. The van der Waals surface area contributed by atoms with E-state index in [9.17, 15) is 18.3 Å². The van der Waals surface area contributed by atoms with Crippen molar-refractivity contribution < 1.29 is 23.4 Å². The van der Waals surface area contributed by atoms with Crippen molar-refractivity contribution in [1.29, 1.82) is 0 Å². The molecule has 1 aromatic heterocycles. The Labute approximate surface area is 123 Å². The van der Waals surface area contributed by atoms with Crippen molar-refractivity contribution in [1.82, 2.24) is 8.87 Å². The number of carboxylic acid groups (broad SMARTS) is 1. The second kappa shape index (κ2) is 5.43. The summed E-state index contributed by atoms with van der Waals surface area (Å²) in [5.41, 5.74) is -1.01. The minimum Gasteiger partial charge on any atom is -0.477 e. The molecule has 0 aromatic carbocycles. The number of sulfonamides is 1. The van der Waals surface area contributed by atoms with Crippen LogP contribution in [0.15, 0.2) is 17.2 Å². The van der Waals surface area contributed by atoms with Crippen LogP contribution in [0, 0.1) is 0 Å². The number of aromatic carboxylic acids is 1. The zero-order valence-electron chi connectivity index (χ0n) is 12.1. The van der Waals surface area contributed by atoms with Crippen molar-refractivity contribution in [3.63, 3.8) is 0 Å². The number of hydrogen-bond donors (Lipinski definition) is 2. The van der Waals surface area contributed by atoms with Crippen molar-refractivity contribution in [2.75, 3.05) is 13.1 Å². The fraction of sp³-hybridized carbons (Fsp3) is 0.615. The van der Waals surface area contributed by atoms with E-state index in [1.807, 2.05) is 6.92 Å². The smallest absolute Gasteiger partial charge is 0.352 e. The van der Waals surface area contributed by atoms with E-state index in [1.54, 1.807) is 6.92 Å². The monoisotopic (exact) mass is 316 g/mol. The highest BCUT2D eigenvalue weighted by atomic mass is 32.2. The molecule has 0 spiro atoms. The summed E-state index contributed by atoms with van der Waals surface area (Å²) in [6, 6.07) is 1.17. The van der Waals surface area contributed by atoms with Crippen LogP contribution < -0.4 is 0 Å². The topological polar surface area (TPSA) is 99.8 Å². The van der Waals surface area contributed by atoms with Gasteiger partial charge in [0.2, 0.25) is 10.0 Å². The standard InChI is InChI=1S/C13H20N2O5S/c1-3-5-13(18)8-15(9-13)21(19,20)10-6-11(12(16)17)14(4-2)7-10/h6-7,18H,3-5,8-9H2,1-2H3,(H,16,17). The molecule has 1 aliphatic rings. The normalized spacial score (nSPS) is 18.4. The van der Waals surface area contributed by atoms with Crippen molar-refractivity contribution in [3.8, 4) is 0 Å². The van der Waals surface area contributed by atoms with Crippen molar-refractivity contribution in [2.24, 2.45) is 0 Å². The van der Waals surface area contributed by atoms with Crippen LogP contribution in [-0.2, 0) is 16.6 Å². The van der Waals surface area contributed by atoms with Gasteiger partial charge in [-0.3, -0.25) is 0 Å². The van der Waals surface area contributed by atoms with E-state index < -0.39 is 21.6 Å². The number of hydrogen-bond acceptors (Lipinski definition) is 4. The number of aliphatic hydroxyl groups is 1. The van der Waals surface area contributed by atoms with Gasteiger partial charge in [-0.1, -0.05) is 13.3 Å². The lowest BCUT2D eigenvalue weighted by Gasteiger charge is -2.45. The summed E-state index contributed by atoms with van der Waals surface area (Å²) in [6.07, 6.45) is 2.66. The van der Waals surface area contributed by atoms with Crippen LogP contribution in [0.2, 0.25) is 0 Å². The van der Waals surface area contributed by atoms with Crippen LogP contribution in [0.25, 0.3) is 0 Å². The van der Waals surface area contributed by atoms with Crippen molar-refractivity contribution in [2.45, 2.75) is 43.7 Å². The second-order valence-corrected chi connectivity index (χ2v) is 7.34. The Balaban J connectivity index is 2.24. The first kappa shape index (κ1) is 16.0. The second-order valence-electron chi connectivity index (χ2n) is 5.40. The number of aryl methyl sites for hydroxylation is 1. The van der Waals surface area contributed by atoms with Crippen molar-refractivity contribution in [3.05, 3.63) is 18.0 Å². The molecule has 0 aliphatic carbocycles. The van der Waals surface area contributed by atoms with Crippen LogP contribution in [0.4, 0.5) is 0 Å². The van der Waals surface area contributed by atoms with E-state index in [0.29, 0.717) is 13.0 Å². The summed E-state index contributed by atoms with van der Waals surface area (Å²) in [6.45, 7) is 4.16. The highest BCUT2D eigenvalue weighted by Gasteiger charge is 2.46. The molecule has 1 fully saturated rings. The Morgan fingerprint density at radius 2 is 2.00 bits per heavy atom. The van der Waals surface area contributed by atoms with E-state index in [1.165, 1.54) is 21.1 Å². The fourth-order valence-electron chi connectivity index (χ4n) is 2.62. The third-order valence-electron chi connectivity index (χ3n) is 3.73. The summed E-state index contributed by atoms with van der Waals surface area (Å²) in [5.74, 6) is -1.16. The van der Waals surface area contributed by atoms with Gasteiger partial charge in [0.25, 0.3) is 0 Å². The molecule has 0 amide bonds. The maximum absolute atomic E-state index is 12.4. The molecule has 1 aliphatic heterocycles. The van der Waals surface area contributed by atoms with Gasteiger partial charge in [0.15, 0.2) is 0 Å². The average Bonchev–Trinajstić information content (AvgIpc) is 2.81. The van der Waals surface area contributed by atoms with Gasteiger partial charge in [-0.15, -0.1) is 0 Å². The molecule has 2 N–H and O–H groups in total. The molecule has 1 aromatic rings. The first-order chi connectivity index (χ1) is 9.73. The maximum Gasteiger partial charge on any atom is 0.352 e. The van der Waals surface area contributed by atoms with Gasteiger partial charge in [-0.25, -0.2) is 13.2 Å². The van der Waals surface area contributed by atoms with Gasteiger partial charge in [0, 0.05) is 25.8 Å². The lowest BCUT2D eigenvalue weighted by Crippen LogP contribution is -2.63. The zero-order valence-corrected chi connectivity index (χ0v) is 12.9. The largest absolute Gasteiger partial charge is 0.477 e. The van der Waals surface area contributed by atoms with Crippen LogP contribution in [0.5, 0.6) is 0 Å². The van der Waals surface area contributed by atoms with Gasteiger partial charge in [0.1, 0.15) is 10.6 Å². The summed E-state index contributed by atoms with van der Waals surface area (Å²) in [7, 11) is -3.75. The number of carboxylic acids is 1. The van der Waals surface area contributed by atoms with E-state index in [4.69, 9.17) is 5.11 Å². The van der Waals surface area contributed by atoms with E-state index in [-0.39, 0.29) is 23.7 Å². The molecule has 21 heavy (non-hydrogen) atoms. The lowest BCUT2D eigenvalue weighted by molar-refractivity contribution is -0.0653. The lowest BCUT2D eigenvalue weighted by atomic mass is 9.92. The first-order valence-electron chi connectivity index (χ1n) is 6.89. The molecular weight excluding hydrogens is 296 g/mol. The molecule has 0 saturated carbocycles. The van der Waals surface area contributed by atoms with Crippen LogP contribution in [0.3, 0.4) is 0 Å². The molecule has 1 saturated heterocycles. The summed E-state index contributed by atoms with van der Waals surface area (Å²) in [5, 5.41) is 19.1. The minimum absolute atomic E-state index is 0.0414. The fourth-order valence-corrected chi connectivity index (χ4v) is 4.26. The number of rotatable bonds is 6. The molecule has 0 bridgehead atoms. The zero-order chi connectivity index (χ0) is 15.8. The van der Waals surface area contributed by atoms with Crippen molar-refractivity contribution >= 4 is 16.0 Å². The Morgan fingerprint density at radius 3 is 2.43 bits per heavy atom. The molecule has 7 nitrogen and oxygen atoms in total. The highest BCUT2D eigenvalue weighted by Crippen LogP contribution is 2.31. The Kier molecular flexibility index (Phi) is 4.14. The Bertz CT molecular complexity index is 644. The molecule has 0 atom stereocenters. The molecular formula is C13H20N2O5S. The Hall–Kier alpha value is -1.38. The van der Waals surface area contributed by atoms with Gasteiger partial charge in [-0.05, 0) is 19.4 Å². The predicted octanol–water partition coefficient (Wildman–Crippen LogP) is 0.742. The molecule has 2 rings (SSSR count). The third-order valence-corrected chi connectivity index (χ3v) is 5.48.